The number of nitrogens with zero attached hydrogens (tertiary/aromatic N) is 2. The summed E-state index contributed by atoms with van der Waals surface area (Å²) in [6, 6.07) is 0. The van der Waals surface area contributed by atoms with E-state index < -0.39 is 0 Å². The lowest BCUT2D eigenvalue weighted by Crippen LogP contribution is -2.42. The minimum Gasteiger partial charge on any atom is -0.248 e. The van der Waals surface area contributed by atoms with Crippen LogP contribution in [0.25, 0.3) is 0 Å². The average molecular weight is 156 g/mol. The molecule has 1 saturated heterocycles. The van der Waals surface area contributed by atoms with Crippen molar-refractivity contribution in [3.05, 3.63) is 0 Å². The fourth-order valence-corrected chi connectivity index (χ4v) is 1.73. The zero-order valence-electron chi connectivity index (χ0n) is 8.01. The van der Waals surface area contributed by atoms with Gasteiger partial charge in [-0.05, 0) is 18.8 Å². The molecule has 0 atom stereocenters. The van der Waals surface area contributed by atoms with Crippen LogP contribution in [0.5, 0.6) is 0 Å². The number of hydrogen-bond acceptors (Lipinski definition) is 2. The molecule has 0 unspecified atom stereocenters. The highest BCUT2D eigenvalue weighted by atomic mass is 15.6. The number of rotatable bonds is 2. The normalized spacial score (nSPS) is 22.9. The molecule has 1 heterocycles. The first-order valence-corrected chi connectivity index (χ1v) is 4.66. The van der Waals surface area contributed by atoms with Gasteiger partial charge < -0.3 is 0 Å². The monoisotopic (exact) mass is 156 g/mol. The van der Waals surface area contributed by atoms with E-state index in [0.717, 1.165) is 5.92 Å². The Bertz CT molecular complexity index is 104. The molecule has 0 aromatic carbocycles. The summed E-state index contributed by atoms with van der Waals surface area (Å²) >= 11 is 0. The minimum atomic E-state index is 0.992. The molecule has 1 aliphatic rings. The smallest absolute Gasteiger partial charge is 0.0135 e. The van der Waals surface area contributed by atoms with Crippen LogP contribution in [-0.4, -0.2) is 37.2 Å². The molecule has 2 nitrogen and oxygen atoms in total. The molecule has 66 valence electrons. The first-order chi connectivity index (χ1) is 5.24. The fraction of sp³-hybridized carbons (Fsp3) is 1.00. The van der Waals surface area contributed by atoms with Gasteiger partial charge in [0.2, 0.25) is 0 Å². The summed E-state index contributed by atoms with van der Waals surface area (Å²) in [5, 5.41) is 4.64. The van der Waals surface area contributed by atoms with Gasteiger partial charge in [-0.3, -0.25) is 0 Å². The molecule has 1 aliphatic heterocycles. The lowest BCUT2D eigenvalue weighted by atomic mass is 9.95. The minimum absolute atomic E-state index is 0.992. The number of hydrazine groups is 1. The van der Waals surface area contributed by atoms with Crippen LogP contribution in [0.2, 0.25) is 0 Å². The summed E-state index contributed by atoms with van der Waals surface area (Å²) in [6.45, 7) is 4.81. The van der Waals surface area contributed by atoms with Crippen LogP contribution in [0.4, 0.5) is 0 Å². The maximum Gasteiger partial charge on any atom is 0.0135 e. The van der Waals surface area contributed by atoms with E-state index in [1.807, 2.05) is 0 Å². The molecule has 0 bridgehead atoms. The van der Waals surface area contributed by atoms with Gasteiger partial charge in [0.15, 0.2) is 0 Å². The zero-order chi connectivity index (χ0) is 8.27. The summed E-state index contributed by atoms with van der Waals surface area (Å²) in [6.07, 6.45) is 4.13. The van der Waals surface area contributed by atoms with Gasteiger partial charge in [0.05, 0.1) is 0 Å². The van der Waals surface area contributed by atoms with Crippen LogP contribution < -0.4 is 0 Å². The Hall–Kier alpha value is -0.0800. The summed E-state index contributed by atoms with van der Waals surface area (Å²) in [7, 11) is 4.26. The predicted molar refractivity (Wildman–Crippen MR) is 48.3 cm³/mol. The second kappa shape index (κ2) is 4.07. The number of piperidine rings is 1. The molecule has 0 N–H and O–H groups in total. The molecule has 0 radical (unpaired) electrons. The Morgan fingerprint density at radius 2 is 1.82 bits per heavy atom. The molecule has 0 saturated carbocycles. The molecule has 2 heteroatoms. The van der Waals surface area contributed by atoms with Crippen molar-refractivity contribution in [2.24, 2.45) is 5.92 Å². The Morgan fingerprint density at radius 1 is 1.27 bits per heavy atom. The number of hydrogen-bond donors (Lipinski definition) is 0. The van der Waals surface area contributed by atoms with Crippen molar-refractivity contribution in [1.82, 2.24) is 10.0 Å². The quantitative estimate of drug-likeness (QED) is 0.599. The van der Waals surface area contributed by atoms with E-state index in [4.69, 9.17) is 0 Å². The van der Waals surface area contributed by atoms with Crippen molar-refractivity contribution in [1.29, 1.82) is 0 Å². The summed E-state index contributed by atoms with van der Waals surface area (Å²) in [5.74, 6) is 0.992. The van der Waals surface area contributed by atoms with Crippen LogP contribution in [0.15, 0.2) is 0 Å². The second-order valence-electron chi connectivity index (χ2n) is 3.65. The van der Waals surface area contributed by atoms with Crippen molar-refractivity contribution in [2.45, 2.75) is 26.2 Å². The second-order valence-corrected chi connectivity index (χ2v) is 3.65. The summed E-state index contributed by atoms with van der Waals surface area (Å²) < 4.78 is 0. The average Bonchev–Trinajstić information content (AvgIpc) is 2.05. The van der Waals surface area contributed by atoms with E-state index in [0.29, 0.717) is 0 Å². The molecule has 1 rings (SSSR count). The van der Waals surface area contributed by atoms with Crippen LogP contribution in [-0.2, 0) is 0 Å². The highest BCUT2D eigenvalue weighted by Crippen LogP contribution is 2.19. The van der Waals surface area contributed by atoms with Crippen LogP contribution in [0.1, 0.15) is 26.2 Å². The molecule has 0 amide bonds. The lowest BCUT2D eigenvalue weighted by molar-refractivity contribution is -0.00678. The highest BCUT2D eigenvalue weighted by Gasteiger charge is 2.18. The van der Waals surface area contributed by atoms with Gasteiger partial charge in [-0.25, -0.2) is 10.0 Å². The molecule has 0 aliphatic carbocycles. The van der Waals surface area contributed by atoms with Crippen molar-refractivity contribution in [3.8, 4) is 0 Å². The molecule has 0 spiro atoms. The van der Waals surface area contributed by atoms with Gasteiger partial charge in [-0.15, -0.1) is 0 Å². The zero-order valence-corrected chi connectivity index (χ0v) is 8.01. The van der Waals surface area contributed by atoms with Crippen molar-refractivity contribution in [3.63, 3.8) is 0 Å². The maximum atomic E-state index is 2.42. The molecular formula is C9H20N2. The Balaban J connectivity index is 2.24. The SMILES string of the molecule is CCC1CCN(N(C)C)CC1. The van der Waals surface area contributed by atoms with E-state index in [-0.39, 0.29) is 0 Å². The van der Waals surface area contributed by atoms with Crippen molar-refractivity contribution in [2.75, 3.05) is 27.2 Å². The Kier molecular flexibility index (Phi) is 3.34. The van der Waals surface area contributed by atoms with Gasteiger partial charge in [0.25, 0.3) is 0 Å². The molecule has 11 heavy (non-hydrogen) atoms. The predicted octanol–water partition coefficient (Wildman–Crippen LogP) is 1.58. The van der Waals surface area contributed by atoms with E-state index in [9.17, 15) is 0 Å². The lowest BCUT2D eigenvalue weighted by Gasteiger charge is -2.35. The van der Waals surface area contributed by atoms with Crippen LogP contribution in [0, 0.1) is 5.92 Å². The van der Waals surface area contributed by atoms with Crippen molar-refractivity contribution < 1.29 is 0 Å². The fourth-order valence-electron chi connectivity index (χ4n) is 1.73. The third-order valence-corrected chi connectivity index (χ3v) is 2.73. The standard InChI is InChI=1S/C9H20N2/c1-4-9-5-7-11(8-6-9)10(2)3/h9H,4-8H2,1-3H3. The van der Waals surface area contributed by atoms with E-state index >= 15 is 0 Å². The van der Waals surface area contributed by atoms with Gasteiger partial charge in [0, 0.05) is 27.2 Å². The van der Waals surface area contributed by atoms with Crippen LogP contribution in [0.3, 0.4) is 0 Å². The third-order valence-electron chi connectivity index (χ3n) is 2.73. The maximum absolute atomic E-state index is 2.42. The summed E-state index contributed by atoms with van der Waals surface area (Å²) in [5.41, 5.74) is 0. The topological polar surface area (TPSA) is 6.48 Å². The van der Waals surface area contributed by atoms with Gasteiger partial charge in [0.1, 0.15) is 0 Å². The summed E-state index contributed by atoms with van der Waals surface area (Å²) in [4.78, 5) is 0. The molecule has 0 aromatic heterocycles. The van der Waals surface area contributed by atoms with Gasteiger partial charge in [-0.1, -0.05) is 13.3 Å². The molecular weight excluding hydrogens is 136 g/mol. The molecule has 1 fully saturated rings. The van der Waals surface area contributed by atoms with Crippen LogP contribution >= 0.6 is 0 Å². The van der Waals surface area contributed by atoms with Crippen molar-refractivity contribution >= 4 is 0 Å². The first-order valence-electron chi connectivity index (χ1n) is 4.66. The largest absolute Gasteiger partial charge is 0.248 e. The molecule has 0 aromatic rings. The van der Waals surface area contributed by atoms with Gasteiger partial charge >= 0.3 is 0 Å². The van der Waals surface area contributed by atoms with E-state index in [1.165, 1.54) is 32.4 Å². The van der Waals surface area contributed by atoms with E-state index in [1.54, 1.807) is 0 Å². The highest BCUT2D eigenvalue weighted by molar-refractivity contribution is 4.68. The Labute approximate surface area is 70.1 Å². The Morgan fingerprint density at radius 3 is 2.18 bits per heavy atom. The first kappa shape index (κ1) is 9.01. The van der Waals surface area contributed by atoms with E-state index in [2.05, 4.69) is 31.0 Å². The van der Waals surface area contributed by atoms with Gasteiger partial charge in [-0.2, -0.15) is 0 Å². The third kappa shape index (κ3) is 2.46.